The Kier molecular flexibility index (Phi) is 5.88. The van der Waals surface area contributed by atoms with Crippen molar-refractivity contribution in [3.05, 3.63) is 41.2 Å². The number of halogens is 1. The van der Waals surface area contributed by atoms with Crippen molar-refractivity contribution in [2.75, 3.05) is 13.6 Å². The van der Waals surface area contributed by atoms with Crippen molar-refractivity contribution in [3.63, 3.8) is 0 Å². The second kappa shape index (κ2) is 7.41. The van der Waals surface area contributed by atoms with Gasteiger partial charge < -0.3 is 10.0 Å². The van der Waals surface area contributed by atoms with Crippen LogP contribution >= 0.6 is 0 Å². The van der Waals surface area contributed by atoms with Crippen LogP contribution in [-0.4, -0.2) is 29.6 Å². The molecule has 0 fully saturated rings. The van der Waals surface area contributed by atoms with E-state index in [2.05, 4.69) is 6.07 Å². The van der Waals surface area contributed by atoms with Crippen LogP contribution in [0.4, 0.5) is 4.39 Å². The molecule has 1 atom stereocenters. The molecule has 0 spiro atoms. The SMILES string of the molecule is CC(C#N)CN(C)Cc1ccc(F)c(C=CC(=O)O)c1. The molecular formula is C15H17FN2O2. The third-order valence-electron chi connectivity index (χ3n) is 2.72. The molecular weight excluding hydrogens is 259 g/mol. The predicted octanol–water partition coefficient (Wildman–Crippen LogP) is 2.51. The topological polar surface area (TPSA) is 64.3 Å². The molecule has 1 aromatic rings. The lowest BCUT2D eigenvalue weighted by Crippen LogP contribution is -2.23. The number of hydrogen-bond donors (Lipinski definition) is 1. The van der Waals surface area contributed by atoms with Gasteiger partial charge in [-0.2, -0.15) is 5.26 Å². The third kappa shape index (κ3) is 5.21. The summed E-state index contributed by atoms with van der Waals surface area (Å²) < 4.78 is 13.5. The molecule has 0 aromatic heterocycles. The van der Waals surface area contributed by atoms with Gasteiger partial charge in [0.05, 0.1) is 12.0 Å². The van der Waals surface area contributed by atoms with Gasteiger partial charge in [0.25, 0.3) is 0 Å². The number of nitriles is 1. The summed E-state index contributed by atoms with van der Waals surface area (Å²) in [5.41, 5.74) is 1.11. The van der Waals surface area contributed by atoms with Gasteiger partial charge in [0.15, 0.2) is 0 Å². The van der Waals surface area contributed by atoms with Gasteiger partial charge in [0, 0.05) is 24.7 Å². The average molecular weight is 276 g/mol. The van der Waals surface area contributed by atoms with E-state index < -0.39 is 11.8 Å². The van der Waals surface area contributed by atoms with Crippen LogP contribution in [0.5, 0.6) is 0 Å². The standard InChI is InChI=1S/C15H17FN2O2/c1-11(8-17)9-18(2)10-12-3-5-14(16)13(7-12)4-6-15(19)20/h3-7,11H,9-10H2,1-2H3,(H,19,20). The molecule has 0 amide bonds. The molecule has 1 N–H and O–H groups in total. The van der Waals surface area contributed by atoms with E-state index >= 15 is 0 Å². The number of carboxylic acids is 1. The van der Waals surface area contributed by atoms with E-state index in [1.165, 1.54) is 12.1 Å². The Labute approximate surface area is 117 Å². The van der Waals surface area contributed by atoms with Crippen molar-refractivity contribution < 1.29 is 14.3 Å². The number of hydrogen-bond acceptors (Lipinski definition) is 3. The summed E-state index contributed by atoms with van der Waals surface area (Å²) in [7, 11) is 1.88. The Morgan fingerprint density at radius 2 is 2.30 bits per heavy atom. The van der Waals surface area contributed by atoms with Crippen molar-refractivity contribution in [1.29, 1.82) is 5.26 Å². The van der Waals surface area contributed by atoms with Crippen LogP contribution in [0.3, 0.4) is 0 Å². The first-order chi connectivity index (χ1) is 9.42. The number of aliphatic carboxylic acids is 1. The van der Waals surface area contributed by atoms with Crippen molar-refractivity contribution in [2.24, 2.45) is 5.92 Å². The van der Waals surface area contributed by atoms with E-state index in [1.807, 2.05) is 18.9 Å². The molecule has 0 aliphatic heterocycles. The summed E-state index contributed by atoms with van der Waals surface area (Å²) in [6.07, 6.45) is 2.14. The molecule has 0 saturated heterocycles. The Bertz CT molecular complexity index is 549. The van der Waals surface area contributed by atoms with Gasteiger partial charge in [0.1, 0.15) is 5.82 Å². The summed E-state index contributed by atoms with van der Waals surface area (Å²) in [6, 6.07) is 6.74. The Balaban J connectivity index is 2.80. The highest BCUT2D eigenvalue weighted by molar-refractivity contribution is 5.85. The molecule has 0 bridgehead atoms. The molecule has 1 unspecified atom stereocenters. The number of benzene rings is 1. The van der Waals surface area contributed by atoms with Gasteiger partial charge in [-0.25, -0.2) is 9.18 Å². The second-order valence-corrected chi connectivity index (χ2v) is 4.75. The van der Waals surface area contributed by atoms with E-state index in [4.69, 9.17) is 10.4 Å². The van der Waals surface area contributed by atoms with Gasteiger partial charge in [0.2, 0.25) is 0 Å². The zero-order valence-electron chi connectivity index (χ0n) is 11.5. The van der Waals surface area contributed by atoms with Gasteiger partial charge in [-0.15, -0.1) is 0 Å². The van der Waals surface area contributed by atoms with Crippen LogP contribution in [0, 0.1) is 23.1 Å². The van der Waals surface area contributed by atoms with Gasteiger partial charge >= 0.3 is 5.97 Å². The first-order valence-corrected chi connectivity index (χ1v) is 6.20. The molecule has 0 aliphatic rings. The largest absolute Gasteiger partial charge is 0.478 e. The lowest BCUT2D eigenvalue weighted by molar-refractivity contribution is -0.131. The highest BCUT2D eigenvalue weighted by Gasteiger charge is 2.07. The highest BCUT2D eigenvalue weighted by Crippen LogP contribution is 2.14. The van der Waals surface area contributed by atoms with Crippen LogP contribution in [0.15, 0.2) is 24.3 Å². The normalized spacial score (nSPS) is 12.6. The molecule has 0 heterocycles. The summed E-state index contributed by atoms with van der Waals surface area (Å²) in [6.45, 7) is 3.02. The Morgan fingerprint density at radius 1 is 1.60 bits per heavy atom. The number of carbonyl (C=O) groups is 1. The quantitative estimate of drug-likeness (QED) is 0.811. The van der Waals surface area contributed by atoms with Crippen molar-refractivity contribution >= 4 is 12.0 Å². The van der Waals surface area contributed by atoms with Gasteiger partial charge in [-0.3, -0.25) is 0 Å². The molecule has 5 heteroatoms. The van der Waals surface area contributed by atoms with E-state index in [9.17, 15) is 9.18 Å². The number of carboxylic acid groups (broad SMARTS) is 1. The molecule has 0 radical (unpaired) electrons. The molecule has 4 nitrogen and oxygen atoms in total. The van der Waals surface area contributed by atoms with Crippen LogP contribution in [0.1, 0.15) is 18.1 Å². The lowest BCUT2D eigenvalue weighted by atomic mass is 10.1. The van der Waals surface area contributed by atoms with Crippen molar-refractivity contribution in [2.45, 2.75) is 13.5 Å². The molecule has 20 heavy (non-hydrogen) atoms. The second-order valence-electron chi connectivity index (χ2n) is 4.75. The zero-order chi connectivity index (χ0) is 15.1. The van der Waals surface area contributed by atoms with E-state index in [0.717, 1.165) is 11.6 Å². The fraction of sp³-hybridized carbons (Fsp3) is 0.333. The monoisotopic (exact) mass is 276 g/mol. The van der Waals surface area contributed by atoms with Gasteiger partial charge in [-0.05, 0) is 37.7 Å². The maximum atomic E-state index is 13.5. The highest BCUT2D eigenvalue weighted by atomic mass is 19.1. The first-order valence-electron chi connectivity index (χ1n) is 6.20. The lowest BCUT2D eigenvalue weighted by Gasteiger charge is -2.18. The smallest absolute Gasteiger partial charge is 0.328 e. The maximum absolute atomic E-state index is 13.5. The van der Waals surface area contributed by atoms with Crippen molar-refractivity contribution in [3.8, 4) is 6.07 Å². The average Bonchev–Trinajstić information content (AvgIpc) is 2.38. The first kappa shape index (κ1) is 15.9. The van der Waals surface area contributed by atoms with Crippen LogP contribution in [0.2, 0.25) is 0 Å². The summed E-state index contributed by atoms with van der Waals surface area (Å²) in [5.74, 6) is -1.65. The van der Waals surface area contributed by atoms with Gasteiger partial charge in [-0.1, -0.05) is 6.07 Å². The minimum Gasteiger partial charge on any atom is -0.478 e. The maximum Gasteiger partial charge on any atom is 0.328 e. The summed E-state index contributed by atoms with van der Waals surface area (Å²) in [4.78, 5) is 12.4. The Morgan fingerprint density at radius 3 is 2.90 bits per heavy atom. The minimum absolute atomic E-state index is 0.0770. The van der Waals surface area contributed by atoms with E-state index in [1.54, 1.807) is 12.1 Å². The summed E-state index contributed by atoms with van der Waals surface area (Å²) >= 11 is 0. The van der Waals surface area contributed by atoms with E-state index in [-0.39, 0.29) is 11.5 Å². The number of rotatable bonds is 6. The minimum atomic E-state index is -1.12. The molecule has 0 aliphatic carbocycles. The van der Waals surface area contributed by atoms with Crippen molar-refractivity contribution in [1.82, 2.24) is 4.90 Å². The van der Waals surface area contributed by atoms with Crippen LogP contribution in [-0.2, 0) is 11.3 Å². The Hall–Kier alpha value is -2.19. The molecule has 1 rings (SSSR count). The van der Waals surface area contributed by atoms with E-state index in [0.29, 0.717) is 13.1 Å². The predicted molar refractivity (Wildman–Crippen MR) is 74.2 cm³/mol. The molecule has 106 valence electrons. The summed E-state index contributed by atoms with van der Waals surface area (Å²) in [5, 5.41) is 17.3. The third-order valence-corrected chi connectivity index (χ3v) is 2.72. The van der Waals surface area contributed by atoms with Crippen LogP contribution in [0.25, 0.3) is 6.08 Å². The fourth-order valence-electron chi connectivity index (χ4n) is 1.86. The zero-order valence-corrected chi connectivity index (χ0v) is 11.5. The number of nitrogens with zero attached hydrogens (tertiary/aromatic N) is 2. The van der Waals surface area contributed by atoms with Crippen LogP contribution < -0.4 is 0 Å². The molecule has 0 saturated carbocycles. The fourth-order valence-corrected chi connectivity index (χ4v) is 1.86. The molecule has 1 aromatic carbocycles.